The van der Waals surface area contributed by atoms with E-state index in [1.807, 2.05) is 6.92 Å². The molecule has 0 fully saturated rings. The van der Waals surface area contributed by atoms with Crippen molar-refractivity contribution in [3.8, 4) is 0 Å². The quantitative estimate of drug-likeness (QED) is 0.343. The van der Waals surface area contributed by atoms with Gasteiger partial charge in [-0.15, -0.1) is 0 Å². The first-order chi connectivity index (χ1) is 5.72. The van der Waals surface area contributed by atoms with Gasteiger partial charge in [0.15, 0.2) is 6.10 Å². The summed E-state index contributed by atoms with van der Waals surface area (Å²) in [7, 11) is 0. The Bertz CT molecular complexity index is 124. The van der Waals surface area contributed by atoms with E-state index >= 15 is 0 Å². The summed E-state index contributed by atoms with van der Waals surface area (Å²) in [5, 5.41) is 0. The average Bonchev–Trinajstić information content (AvgIpc) is 2.05. The van der Waals surface area contributed by atoms with Crippen molar-refractivity contribution >= 4 is 5.97 Å². The Morgan fingerprint density at radius 3 is 2.50 bits per heavy atom. The zero-order valence-corrected chi connectivity index (χ0v) is 7.83. The van der Waals surface area contributed by atoms with Crippen molar-refractivity contribution in [1.82, 2.24) is 0 Å². The van der Waals surface area contributed by atoms with Gasteiger partial charge >= 0.3 is 5.97 Å². The van der Waals surface area contributed by atoms with Crippen LogP contribution in [0.1, 0.15) is 20.8 Å². The van der Waals surface area contributed by atoms with E-state index in [1.165, 1.54) is 0 Å². The SMILES string of the molecule is CCOCOC(C)C(=O)OCC. The molecule has 0 saturated carbocycles. The molecule has 0 aromatic rings. The largest absolute Gasteiger partial charge is 0.464 e. The van der Waals surface area contributed by atoms with Crippen LogP contribution in [0.25, 0.3) is 0 Å². The highest BCUT2D eigenvalue weighted by molar-refractivity contribution is 5.74. The Morgan fingerprint density at radius 1 is 1.33 bits per heavy atom. The molecule has 0 aliphatic rings. The summed E-state index contributed by atoms with van der Waals surface area (Å²) in [5.41, 5.74) is 0. The van der Waals surface area contributed by atoms with Crippen LogP contribution in [-0.2, 0) is 19.0 Å². The first kappa shape index (κ1) is 11.4. The van der Waals surface area contributed by atoms with Crippen LogP contribution in [0.5, 0.6) is 0 Å². The van der Waals surface area contributed by atoms with Crippen LogP contribution < -0.4 is 0 Å². The van der Waals surface area contributed by atoms with Crippen molar-refractivity contribution < 1.29 is 19.0 Å². The molecule has 0 aromatic carbocycles. The lowest BCUT2D eigenvalue weighted by Gasteiger charge is -2.10. The van der Waals surface area contributed by atoms with Crippen molar-refractivity contribution in [2.45, 2.75) is 26.9 Å². The molecule has 0 saturated heterocycles. The first-order valence-corrected chi connectivity index (χ1v) is 4.08. The number of esters is 1. The highest BCUT2D eigenvalue weighted by Crippen LogP contribution is 1.94. The molecule has 0 aliphatic heterocycles. The summed E-state index contributed by atoms with van der Waals surface area (Å²) >= 11 is 0. The van der Waals surface area contributed by atoms with Crippen molar-refractivity contribution in [1.29, 1.82) is 0 Å². The normalized spacial score (nSPS) is 12.6. The van der Waals surface area contributed by atoms with Crippen LogP contribution in [0.4, 0.5) is 0 Å². The minimum absolute atomic E-state index is 0.135. The second-order valence-electron chi connectivity index (χ2n) is 2.17. The third-order valence-corrected chi connectivity index (χ3v) is 1.22. The predicted molar refractivity (Wildman–Crippen MR) is 43.7 cm³/mol. The molecule has 1 atom stereocenters. The summed E-state index contributed by atoms with van der Waals surface area (Å²) in [5.74, 6) is -0.350. The van der Waals surface area contributed by atoms with Gasteiger partial charge in [-0.2, -0.15) is 0 Å². The minimum Gasteiger partial charge on any atom is -0.464 e. The highest BCUT2D eigenvalue weighted by Gasteiger charge is 2.13. The summed E-state index contributed by atoms with van der Waals surface area (Å²) in [6, 6.07) is 0. The molecule has 0 bridgehead atoms. The standard InChI is InChI=1S/C8H16O4/c1-4-10-6-12-7(3)8(9)11-5-2/h7H,4-6H2,1-3H3. The maximum Gasteiger partial charge on any atom is 0.335 e. The van der Waals surface area contributed by atoms with Crippen molar-refractivity contribution in [2.75, 3.05) is 20.0 Å². The smallest absolute Gasteiger partial charge is 0.335 e. The number of ether oxygens (including phenoxy) is 3. The molecule has 0 amide bonds. The average molecular weight is 176 g/mol. The summed E-state index contributed by atoms with van der Waals surface area (Å²) in [4.78, 5) is 10.9. The third kappa shape index (κ3) is 5.09. The third-order valence-electron chi connectivity index (χ3n) is 1.22. The van der Waals surface area contributed by atoms with Gasteiger partial charge in [0, 0.05) is 6.61 Å². The lowest BCUT2D eigenvalue weighted by atomic mass is 10.4. The van der Waals surface area contributed by atoms with E-state index < -0.39 is 6.10 Å². The molecule has 0 heterocycles. The fourth-order valence-corrected chi connectivity index (χ4v) is 0.561. The molecule has 0 aromatic heterocycles. The molecule has 72 valence electrons. The van der Waals surface area contributed by atoms with Gasteiger partial charge in [-0.05, 0) is 20.8 Å². The molecule has 0 aliphatic carbocycles. The van der Waals surface area contributed by atoms with Crippen molar-refractivity contribution in [3.05, 3.63) is 0 Å². The van der Waals surface area contributed by atoms with E-state index in [-0.39, 0.29) is 12.8 Å². The van der Waals surface area contributed by atoms with Gasteiger partial charge in [0.05, 0.1) is 6.61 Å². The molecular formula is C8H16O4. The second kappa shape index (κ2) is 7.06. The van der Waals surface area contributed by atoms with Crippen LogP contribution in [0.15, 0.2) is 0 Å². The molecule has 0 rings (SSSR count). The lowest BCUT2D eigenvalue weighted by Crippen LogP contribution is -2.24. The summed E-state index contributed by atoms with van der Waals surface area (Å²) in [6.07, 6.45) is -0.545. The zero-order chi connectivity index (χ0) is 9.40. The van der Waals surface area contributed by atoms with Gasteiger partial charge in [-0.3, -0.25) is 0 Å². The minimum atomic E-state index is -0.545. The van der Waals surface area contributed by atoms with Crippen LogP contribution in [-0.4, -0.2) is 32.1 Å². The molecular weight excluding hydrogens is 160 g/mol. The maximum absolute atomic E-state index is 10.9. The van der Waals surface area contributed by atoms with E-state index in [1.54, 1.807) is 13.8 Å². The van der Waals surface area contributed by atoms with E-state index in [4.69, 9.17) is 14.2 Å². The van der Waals surface area contributed by atoms with E-state index in [0.717, 1.165) is 0 Å². The molecule has 0 spiro atoms. The monoisotopic (exact) mass is 176 g/mol. The van der Waals surface area contributed by atoms with Gasteiger partial charge in [0.25, 0.3) is 0 Å². The fourth-order valence-electron chi connectivity index (χ4n) is 0.561. The van der Waals surface area contributed by atoms with Gasteiger partial charge in [-0.1, -0.05) is 0 Å². The number of hydrogen-bond donors (Lipinski definition) is 0. The zero-order valence-electron chi connectivity index (χ0n) is 7.83. The Balaban J connectivity index is 3.42. The first-order valence-electron chi connectivity index (χ1n) is 4.08. The van der Waals surface area contributed by atoms with Crippen LogP contribution in [0.2, 0.25) is 0 Å². The molecule has 0 N–H and O–H groups in total. The molecule has 4 heteroatoms. The van der Waals surface area contributed by atoms with Crippen molar-refractivity contribution in [2.24, 2.45) is 0 Å². The van der Waals surface area contributed by atoms with Crippen LogP contribution >= 0.6 is 0 Å². The summed E-state index contributed by atoms with van der Waals surface area (Å²) < 4.78 is 14.6. The van der Waals surface area contributed by atoms with E-state index in [9.17, 15) is 4.79 Å². The van der Waals surface area contributed by atoms with Gasteiger partial charge in [0.1, 0.15) is 6.79 Å². The Labute approximate surface area is 72.8 Å². The number of carbonyl (C=O) groups is 1. The molecule has 0 radical (unpaired) electrons. The molecule has 4 nitrogen and oxygen atoms in total. The van der Waals surface area contributed by atoms with Crippen LogP contribution in [0.3, 0.4) is 0 Å². The summed E-state index contributed by atoms with van der Waals surface area (Å²) in [6.45, 7) is 6.34. The van der Waals surface area contributed by atoms with Gasteiger partial charge in [0.2, 0.25) is 0 Å². The topological polar surface area (TPSA) is 44.8 Å². The Hall–Kier alpha value is -0.610. The highest BCUT2D eigenvalue weighted by atomic mass is 16.7. The predicted octanol–water partition coefficient (Wildman–Crippen LogP) is 0.949. The van der Waals surface area contributed by atoms with Gasteiger partial charge < -0.3 is 14.2 Å². The molecule has 1 unspecified atom stereocenters. The number of carbonyl (C=O) groups excluding carboxylic acids is 1. The van der Waals surface area contributed by atoms with Gasteiger partial charge in [-0.25, -0.2) is 4.79 Å². The number of rotatable bonds is 6. The van der Waals surface area contributed by atoms with Crippen molar-refractivity contribution in [3.63, 3.8) is 0 Å². The number of hydrogen-bond acceptors (Lipinski definition) is 4. The Kier molecular flexibility index (Phi) is 6.70. The van der Waals surface area contributed by atoms with E-state index in [0.29, 0.717) is 13.2 Å². The van der Waals surface area contributed by atoms with E-state index in [2.05, 4.69) is 0 Å². The van der Waals surface area contributed by atoms with Crippen LogP contribution in [0, 0.1) is 0 Å². The Morgan fingerprint density at radius 2 is 2.00 bits per heavy atom. The maximum atomic E-state index is 10.9. The fraction of sp³-hybridized carbons (Fsp3) is 0.875. The molecule has 12 heavy (non-hydrogen) atoms. The second-order valence-corrected chi connectivity index (χ2v) is 2.17. The lowest BCUT2D eigenvalue weighted by molar-refractivity contribution is -0.164.